The SMILES string of the molecule is COC(=O)C(Br)c1ccc(F)c(Cl)c1. The van der Waals surface area contributed by atoms with Gasteiger partial charge in [0.2, 0.25) is 0 Å². The topological polar surface area (TPSA) is 26.3 Å². The third-order valence-corrected chi connectivity index (χ3v) is 2.84. The average Bonchev–Trinajstić information content (AvgIpc) is 2.20. The first-order chi connectivity index (χ1) is 6.56. The Morgan fingerprint density at radius 2 is 2.29 bits per heavy atom. The Labute approximate surface area is 94.1 Å². The molecule has 1 unspecified atom stereocenters. The van der Waals surface area contributed by atoms with Crippen LogP contribution >= 0.6 is 27.5 Å². The molecule has 0 aliphatic rings. The number of carbonyl (C=O) groups is 1. The van der Waals surface area contributed by atoms with Gasteiger partial charge in [-0.15, -0.1) is 0 Å². The van der Waals surface area contributed by atoms with E-state index in [0.29, 0.717) is 5.56 Å². The predicted octanol–water partition coefficient (Wildman–Crippen LogP) is 3.09. The van der Waals surface area contributed by atoms with Gasteiger partial charge in [-0.25, -0.2) is 4.39 Å². The molecule has 0 saturated heterocycles. The highest BCUT2D eigenvalue weighted by Gasteiger charge is 2.18. The molecule has 0 bridgehead atoms. The molecule has 2 nitrogen and oxygen atoms in total. The van der Waals surface area contributed by atoms with E-state index in [-0.39, 0.29) is 5.02 Å². The number of hydrogen-bond donors (Lipinski definition) is 0. The van der Waals surface area contributed by atoms with E-state index < -0.39 is 16.6 Å². The number of alkyl halides is 1. The number of benzene rings is 1. The van der Waals surface area contributed by atoms with Gasteiger partial charge in [-0.05, 0) is 17.7 Å². The van der Waals surface area contributed by atoms with Gasteiger partial charge in [0.05, 0.1) is 12.1 Å². The standard InChI is InChI=1S/C9H7BrClFO2/c1-14-9(13)8(10)5-2-3-7(12)6(11)4-5/h2-4,8H,1H3. The zero-order chi connectivity index (χ0) is 10.7. The maximum absolute atomic E-state index is 12.8. The summed E-state index contributed by atoms with van der Waals surface area (Å²) in [4.78, 5) is 10.5. The first-order valence-electron chi connectivity index (χ1n) is 3.73. The highest BCUT2D eigenvalue weighted by Crippen LogP contribution is 2.27. The van der Waals surface area contributed by atoms with Gasteiger partial charge in [-0.1, -0.05) is 33.6 Å². The van der Waals surface area contributed by atoms with Gasteiger partial charge in [0.1, 0.15) is 10.6 Å². The Hall–Kier alpha value is -0.610. The molecule has 0 N–H and O–H groups in total. The molecule has 1 aromatic rings. The summed E-state index contributed by atoms with van der Waals surface area (Å²) in [5.41, 5.74) is 0.559. The van der Waals surface area contributed by atoms with Gasteiger partial charge in [0, 0.05) is 0 Å². The molecule has 14 heavy (non-hydrogen) atoms. The van der Waals surface area contributed by atoms with Gasteiger partial charge in [-0.2, -0.15) is 0 Å². The maximum Gasteiger partial charge on any atom is 0.323 e. The van der Waals surface area contributed by atoms with Crippen LogP contribution in [0.4, 0.5) is 4.39 Å². The largest absolute Gasteiger partial charge is 0.468 e. The van der Waals surface area contributed by atoms with Crippen molar-refractivity contribution >= 4 is 33.5 Å². The fourth-order valence-electron chi connectivity index (χ4n) is 0.910. The summed E-state index contributed by atoms with van der Waals surface area (Å²) in [6, 6.07) is 4.06. The van der Waals surface area contributed by atoms with Crippen LogP contribution in [0.3, 0.4) is 0 Å². The summed E-state index contributed by atoms with van der Waals surface area (Å²) >= 11 is 8.67. The number of carbonyl (C=O) groups excluding carboxylic acids is 1. The molecule has 0 spiro atoms. The molecule has 0 heterocycles. The van der Waals surface area contributed by atoms with E-state index in [1.165, 1.54) is 25.3 Å². The number of ether oxygens (including phenoxy) is 1. The smallest absolute Gasteiger partial charge is 0.323 e. The molecule has 0 radical (unpaired) electrons. The van der Waals surface area contributed by atoms with Crippen LogP contribution < -0.4 is 0 Å². The maximum atomic E-state index is 12.8. The van der Waals surface area contributed by atoms with Crippen LogP contribution in [0.15, 0.2) is 18.2 Å². The van der Waals surface area contributed by atoms with Crippen LogP contribution in [0, 0.1) is 5.82 Å². The van der Waals surface area contributed by atoms with Crippen molar-refractivity contribution in [1.82, 2.24) is 0 Å². The number of esters is 1. The molecular weight excluding hydrogens is 274 g/mol. The van der Waals surface area contributed by atoms with Crippen molar-refractivity contribution in [1.29, 1.82) is 0 Å². The van der Waals surface area contributed by atoms with E-state index in [2.05, 4.69) is 20.7 Å². The molecule has 0 amide bonds. The van der Waals surface area contributed by atoms with Crippen LogP contribution in [0.5, 0.6) is 0 Å². The number of methoxy groups -OCH3 is 1. The molecule has 0 saturated carbocycles. The van der Waals surface area contributed by atoms with Gasteiger partial charge in [0.25, 0.3) is 0 Å². The van der Waals surface area contributed by atoms with Gasteiger partial charge in [-0.3, -0.25) is 4.79 Å². The monoisotopic (exact) mass is 280 g/mol. The Morgan fingerprint density at radius 3 is 2.79 bits per heavy atom. The lowest BCUT2D eigenvalue weighted by atomic mass is 10.1. The van der Waals surface area contributed by atoms with Gasteiger partial charge >= 0.3 is 5.97 Å². The minimum absolute atomic E-state index is 0.0177. The molecule has 0 aliphatic heterocycles. The van der Waals surface area contributed by atoms with Crippen molar-refractivity contribution in [2.24, 2.45) is 0 Å². The summed E-state index contributed by atoms with van der Waals surface area (Å²) in [5.74, 6) is -0.965. The minimum atomic E-state index is -0.620. The van der Waals surface area contributed by atoms with Crippen molar-refractivity contribution in [3.05, 3.63) is 34.6 Å². The van der Waals surface area contributed by atoms with Crippen LogP contribution in [0.1, 0.15) is 10.4 Å². The lowest BCUT2D eigenvalue weighted by Crippen LogP contribution is -2.08. The molecule has 1 rings (SSSR count). The second-order valence-corrected chi connectivity index (χ2v) is 3.88. The molecule has 76 valence electrons. The predicted molar refractivity (Wildman–Crippen MR) is 55.1 cm³/mol. The van der Waals surface area contributed by atoms with Crippen molar-refractivity contribution < 1.29 is 13.9 Å². The fourth-order valence-corrected chi connectivity index (χ4v) is 1.57. The van der Waals surface area contributed by atoms with E-state index in [0.717, 1.165) is 0 Å². The Bertz CT molecular complexity index is 357. The number of rotatable bonds is 2. The third kappa shape index (κ3) is 2.45. The normalized spacial score (nSPS) is 12.3. The van der Waals surface area contributed by atoms with Gasteiger partial charge in [0.15, 0.2) is 0 Å². The average molecular weight is 282 g/mol. The van der Waals surface area contributed by atoms with Crippen molar-refractivity contribution in [3.63, 3.8) is 0 Å². The zero-order valence-corrected chi connectivity index (χ0v) is 9.60. The highest BCUT2D eigenvalue weighted by molar-refractivity contribution is 9.09. The van der Waals surface area contributed by atoms with Crippen molar-refractivity contribution in [2.75, 3.05) is 7.11 Å². The second-order valence-electron chi connectivity index (χ2n) is 2.56. The Kier molecular flexibility index (Phi) is 3.89. The van der Waals surface area contributed by atoms with Crippen LogP contribution in [0.25, 0.3) is 0 Å². The first-order valence-corrected chi connectivity index (χ1v) is 5.02. The lowest BCUT2D eigenvalue weighted by molar-refractivity contribution is -0.139. The minimum Gasteiger partial charge on any atom is -0.468 e. The lowest BCUT2D eigenvalue weighted by Gasteiger charge is -2.07. The summed E-state index contributed by atoms with van der Waals surface area (Å²) in [7, 11) is 1.28. The van der Waals surface area contributed by atoms with E-state index in [1.54, 1.807) is 0 Å². The Morgan fingerprint density at radius 1 is 1.64 bits per heavy atom. The summed E-state index contributed by atoms with van der Waals surface area (Å²) in [6.45, 7) is 0. The summed E-state index contributed by atoms with van der Waals surface area (Å²) < 4.78 is 17.3. The number of hydrogen-bond acceptors (Lipinski definition) is 2. The van der Waals surface area contributed by atoms with Gasteiger partial charge < -0.3 is 4.74 Å². The van der Waals surface area contributed by atoms with E-state index in [9.17, 15) is 9.18 Å². The van der Waals surface area contributed by atoms with Crippen molar-refractivity contribution in [3.8, 4) is 0 Å². The van der Waals surface area contributed by atoms with Crippen LogP contribution in [-0.4, -0.2) is 13.1 Å². The fraction of sp³-hybridized carbons (Fsp3) is 0.222. The second kappa shape index (κ2) is 4.75. The molecule has 1 atom stereocenters. The molecule has 0 aromatic heterocycles. The zero-order valence-electron chi connectivity index (χ0n) is 7.26. The molecule has 0 aliphatic carbocycles. The summed E-state index contributed by atoms with van der Waals surface area (Å²) in [6.07, 6.45) is 0. The van der Waals surface area contributed by atoms with Crippen LogP contribution in [0.2, 0.25) is 5.02 Å². The third-order valence-electron chi connectivity index (χ3n) is 1.64. The molecular formula is C9H7BrClFO2. The molecule has 0 fully saturated rings. The summed E-state index contributed by atoms with van der Waals surface area (Å²) in [5, 5.41) is -0.0177. The molecule has 5 heteroatoms. The van der Waals surface area contributed by atoms with E-state index in [1.807, 2.05) is 0 Å². The van der Waals surface area contributed by atoms with Crippen molar-refractivity contribution in [2.45, 2.75) is 4.83 Å². The first kappa shape index (κ1) is 11.5. The number of halogens is 3. The highest BCUT2D eigenvalue weighted by atomic mass is 79.9. The Balaban J connectivity index is 2.96. The molecule has 1 aromatic carbocycles. The van der Waals surface area contributed by atoms with E-state index >= 15 is 0 Å². The quantitative estimate of drug-likeness (QED) is 0.615. The van der Waals surface area contributed by atoms with E-state index in [4.69, 9.17) is 11.6 Å². The van der Waals surface area contributed by atoms with Crippen LogP contribution in [-0.2, 0) is 9.53 Å².